The van der Waals surface area contributed by atoms with Crippen LogP contribution in [0.5, 0.6) is 0 Å². The van der Waals surface area contributed by atoms with Crippen molar-refractivity contribution in [2.24, 2.45) is 0 Å². The Hall–Kier alpha value is -1.35. The van der Waals surface area contributed by atoms with Gasteiger partial charge in [0.2, 0.25) is 0 Å². The topological polar surface area (TPSA) is 104 Å². The van der Waals surface area contributed by atoms with Gasteiger partial charge >= 0.3 is 12.0 Å². The van der Waals surface area contributed by atoms with E-state index in [1.165, 1.54) is 12.0 Å². The van der Waals surface area contributed by atoms with Crippen LogP contribution in [-0.4, -0.2) is 86.2 Å². The molecule has 9 heteroatoms. The molecular formula is C12H22N2O6S. The molecule has 1 saturated heterocycles. The first-order valence-corrected chi connectivity index (χ1v) is 8.59. The summed E-state index contributed by atoms with van der Waals surface area (Å²) >= 11 is 0. The fraction of sp³-hybridized carbons (Fsp3) is 0.833. The first-order chi connectivity index (χ1) is 9.80. The Bertz CT molecular complexity index is 478. The summed E-state index contributed by atoms with van der Waals surface area (Å²) in [7, 11) is -1.68. The molecule has 1 unspecified atom stereocenters. The molecule has 0 saturated carbocycles. The molecule has 1 rings (SSSR count). The maximum absolute atomic E-state index is 12.5. The minimum atomic E-state index is -3.19. The largest absolute Gasteiger partial charge is 0.480 e. The number of ether oxygens (including phenoxy) is 1. The first kappa shape index (κ1) is 17.7. The molecule has 1 N–H and O–H groups in total. The van der Waals surface area contributed by atoms with Crippen LogP contribution in [0, 0.1) is 0 Å². The highest BCUT2D eigenvalue weighted by atomic mass is 32.2. The van der Waals surface area contributed by atoms with Crippen molar-refractivity contribution in [1.29, 1.82) is 0 Å². The summed E-state index contributed by atoms with van der Waals surface area (Å²) in [4.78, 5) is 26.0. The second-order valence-electron chi connectivity index (χ2n) is 4.93. The molecule has 0 radical (unpaired) electrons. The minimum absolute atomic E-state index is 0.00867. The molecule has 0 aromatic heterocycles. The number of likely N-dealkylation sites (N-methyl/N-ethyl adjacent to an activating group) is 1. The lowest BCUT2D eigenvalue weighted by Crippen LogP contribution is -2.51. The standard InChI is InChI=1S/C12H22N2O6S/c1-3-13(5-6-20-2)12(17)14(8-11(15)16)10-4-7-21(18,19)9-10/h10H,3-9H2,1-2H3,(H,15,16). The summed E-state index contributed by atoms with van der Waals surface area (Å²) in [6, 6.07) is -1.03. The zero-order valence-corrected chi connectivity index (χ0v) is 13.1. The van der Waals surface area contributed by atoms with Crippen LogP contribution in [0.2, 0.25) is 0 Å². The number of rotatable bonds is 7. The smallest absolute Gasteiger partial charge is 0.323 e. The maximum Gasteiger partial charge on any atom is 0.323 e. The number of urea groups is 1. The van der Waals surface area contributed by atoms with Crippen LogP contribution in [0.3, 0.4) is 0 Å². The minimum Gasteiger partial charge on any atom is -0.480 e. The second kappa shape index (κ2) is 7.60. The van der Waals surface area contributed by atoms with Crippen molar-refractivity contribution in [2.75, 3.05) is 44.9 Å². The lowest BCUT2D eigenvalue weighted by Gasteiger charge is -2.32. The van der Waals surface area contributed by atoms with Crippen molar-refractivity contribution in [2.45, 2.75) is 19.4 Å². The van der Waals surface area contributed by atoms with Crippen LogP contribution in [0.4, 0.5) is 4.79 Å². The molecule has 122 valence electrons. The van der Waals surface area contributed by atoms with Gasteiger partial charge in [0, 0.05) is 26.2 Å². The van der Waals surface area contributed by atoms with Crippen LogP contribution in [-0.2, 0) is 19.4 Å². The van der Waals surface area contributed by atoms with E-state index in [4.69, 9.17) is 9.84 Å². The quantitative estimate of drug-likeness (QED) is 0.687. The van der Waals surface area contributed by atoms with Gasteiger partial charge in [-0.3, -0.25) is 4.79 Å². The van der Waals surface area contributed by atoms with Crippen molar-refractivity contribution >= 4 is 21.8 Å². The van der Waals surface area contributed by atoms with Gasteiger partial charge in [0.05, 0.1) is 18.1 Å². The Morgan fingerprint density at radius 3 is 2.48 bits per heavy atom. The Labute approximate surface area is 124 Å². The second-order valence-corrected chi connectivity index (χ2v) is 7.16. The van der Waals surface area contributed by atoms with E-state index in [1.807, 2.05) is 0 Å². The van der Waals surface area contributed by atoms with E-state index in [1.54, 1.807) is 6.92 Å². The molecule has 1 atom stereocenters. The van der Waals surface area contributed by atoms with Crippen molar-refractivity contribution in [1.82, 2.24) is 9.80 Å². The number of methoxy groups -OCH3 is 1. The third-order valence-electron chi connectivity index (χ3n) is 3.42. The van der Waals surface area contributed by atoms with E-state index in [0.717, 1.165) is 4.90 Å². The van der Waals surface area contributed by atoms with Crippen molar-refractivity contribution in [3.05, 3.63) is 0 Å². The monoisotopic (exact) mass is 322 g/mol. The van der Waals surface area contributed by atoms with E-state index < -0.39 is 34.4 Å². The van der Waals surface area contributed by atoms with Crippen molar-refractivity contribution in [3.63, 3.8) is 0 Å². The Balaban J connectivity index is 2.85. The van der Waals surface area contributed by atoms with Gasteiger partial charge in [0.15, 0.2) is 9.84 Å². The molecule has 1 heterocycles. The highest BCUT2D eigenvalue weighted by molar-refractivity contribution is 7.91. The summed E-state index contributed by atoms with van der Waals surface area (Å²) in [5, 5.41) is 8.97. The van der Waals surface area contributed by atoms with Crippen LogP contribution < -0.4 is 0 Å². The molecular weight excluding hydrogens is 300 g/mol. The molecule has 21 heavy (non-hydrogen) atoms. The number of carboxylic acids is 1. The predicted octanol–water partition coefficient (Wildman–Crippen LogP) is -0.352. The van der Waals surface area contributed by atoms with Gasteiger partial charge in [-0.2, -0.15) is 0 Å². The summed E-state index contributed by atoms with van der Waals surface area (Å²) < 4.78 is 28.0. The van der Waals surface area contributed by atoms with Gasteiger partial charge in [-0.1, -0.05) is 0 Å². The van der Waals surface area contributed by atoms with Crippen molar-refractivity contribution < 1.29 is 27.9 Å². The molecule has 2 amide bonds. The normalized spacial score (nSPS) is 20.2. The highest BCUT2D eigenvalue weighted by Gasteiger charge is 2.36. The van der Waals surface area contributed by atoms with E-state index in [0.29, 0.717) is 19.7 Å². The molecule has 1 fully saturated rings. The van der Waals surface area contributed by atoms with E-state index in [9.17, 15) is 18.0 Å². The number of nitrogens with zero attached hydrogens (tertiary/aromatic N) is 2. The lowest BCUT2D eigenvalue weighted by atomic mass is 10.2. The molecule has 0 aliphatic carbocycles. The van der Waals surface area contributed by atoms with Gasteiger partial charge in [0.25, 0.3) is 0 Å². The number of hydrogen-bond donors (Lipinski definition) is 1. The van der Waals surface area contributed by atoms with Crippen LogP contribution in [0.15, 0.2) is 0 Å². The van der Waals surface area contributed by atoms with Gasteiger partial charge in [0.1, 0.15) is 6.54 Å². The molecule has 8 nitrogen and oxygen atoms in total. The fourth-order valence-electron chi connectivity index (χ4n) is 2.29. The molecule has 0 spiro atoms. The SMILES string of the molecule is CCN(CCOC)C(=O)N(CC(=O)O)C1CCS(=O)(=O)C1. The first-order valence-electron chi connectivity index (χ1n) is 6.77. The number of carboxylic acid groups (broad SMARTS) is 1. The van der Waals surface area contributed by atoms with Crippen LogP contribution in [0.1, 0.15) is 13.3 Å². The van der Waals surface area contributed by atoms with Gasteiger partial charge < -0.3 is 19.6 Å². The Morgan fingerprint density at radius 1 is 1.38 bits per heavy atom. The number of amides is 2. The predicted molar refractivity (Wildman–Crippen MR) is 75.9 cm³/mol. The zero-order valence-electron chi connectivity index (χ0n) is 12.3. The van der Waals surface area contributed by atoms with Crippen molar-refractivity contribution in [3.8, 4) is 0 Å². The van der Waals surface area contributed by atoms with Crippen LogP contribution >= 0.6 is 0 Å². The van der Waals surface area contributed by atoms with Gasteiger partial charge in [-0.25, -0.2) is 13.2 Å². The van der Waals surface area contributed by atoms with E-state index in [-0.39, 0.29) is 17.9 Å². The summed E-state index contributed by atoms with van der Waals surface area (Å²) in [5.41, 5.74) is 0. The highest BCUT2D eigenvalue weighted by Crippen LogP contribution is 2.19. The average molecular weight is 322 g/mol. The summed E-state index contributed by atoms with van der Waals surface area (Å²) in [6.45, 7) is 2.35. The fourth-order valence-corrected chi connectivity index (χ4v) is 4.02. The molecule has 0 aromatic carbocycles. The number of hydrogen-bond acceptors (Lipinski definition) is 5. The molecule has 0 aromatic rings. The molecule has 1 aliphatic rings. The van der Waals surface area contributed by atoms with E-state index >= 15 is 0 Å². The average Bonchev–Trinajstić information content (AvgIpc) is 2.76. The third-order valence-corrected chi connectivity index (χ3v) is 5.17. The number of sulfone groups is 1. The van der Waals surface area contributed by atoms with Gasteiger partial charge in [-0.05, 0) is 13.3 Å². The summed E-state index contributed by atoms with van der Waals surface area (Å²) in [5.74, 6) is -1.34. The number of carbonyl (C=O) groups excluding carboxylic acids is 1. The Kier molecular flexibility index (Phi) is 6.41. The maximum atomic E-state index is 12.5. The third kappa shape index (κ3) is 5.16. The zero-order chi connectivity index (χ0) is 16.0. The Morgan fingerprint density at radius 2 is 2.05 bits per heavy atom. The summed E-state index contributed by atoms with van der Waals surface area (Å²) in [6.07, 6.45) is 0.281. The number of aliphatic carboxylic acids is 1. The number of carbonyl (C=O) groups is 2. The van der Waals surface area contributed by atoms with E-state index in [2.05, 4.69) is 0 Å². The molecule has 1 aliphatic heterocycles. The van der Waals surface area contributed by atoms with Crippen LogP contribution in [0.25, 0.3) is 0 Å². The van der Waals surface area contributed by atoms with Gasteiger partial charge in [-0.15, -0.1) is 0 Å². The molecule has 0 bridgehead atoms. The lowest BCUT2D eigenvalue weighted by molar-refractivity contribution is -0.138.